The molecule has 1 amide bonds. The molecular weight excluding hydrogens is 388 g/mol. The maximum atomic E-state index is 13.0. The van der Waals surface area contributed by atoms with Gasteiger partial charge in [0, 0.05) is 18.1 Å². The molecule has 0 aliphatic carbocycles. The number of carbonyl (C=O) groups is 1. The predicted octanol–water partition coefficient (Wildman–Crippen LogP) is 4.26. The molecule has 154 valence electrons. The highest BCUT2D eigenvalue weighted by molar-refractivity contribution is 7.90. The molecule has 3 aromatic rings. The van der Waals surface area contributed by atoms with Crippen LogP contribution in [0.1, 0.15) is 30.9 Å². The zero-order valence-electron chi connectivity index (χ0n) is 16.7. The van der Waals surface area contributed by atoms with Crippen molar-refractivity contribution in [1.29, 1.82) is 0 Å². The van der Waals surface area contributed by atoms with E-state index in [1.54, 1.807) is 36.5 Å². The zero-order chi connectivity index (χ0) is 20.9. The minimum absolute atomic E-state index is 0.252. The minimum atomic E-state index is -3.68. The zero-order valence-corrected chi connectivity index (χ0v) is 17.5. The number of nitrogens with one attached hydrogen (secondary N) is 1. The molecule has 0 spiro atoms. The van der Waals surface area contributed by atoms with Crippen molar-refractivity contribution >= 4 is 27.0 Å². The van der Waals surface area contributed by atoms with E-state index in [2.05, 4.69) is 5.32 Å². The Labute approximate surface area is 171 Å². The second-order valence-corrected chi connectivity index (χ2v) is 8.80. The summed E-state index contributed by atoms with van der Waals surface area (Å²) in [5.41, 5.74) is 2.56. The number of aromatic nitrogens is 1. The lowest BCUT2D eigenvalue weighted by molar-refractivity contribution is 0.144. The van der Waals surface area contributed by atoms with E-state index in [-0.39, 0.29) is 4.90 Å². The quantitative estimate of drug-likeness (QED) is 0.559. The summed E-state index contributed by atoms with van der Waals surface area (Å²) in [6, 6.07) is 14.3. The Morgan fingerprint density at radius 1 is 1.10 bits per heavy atom. The number of amides is 1. The summed E-state index contributed by atoms with van der Waals surface area (Å²) in [5, 5.41) is 3.57. The first kappa shape index (κ1) is 20.9. The molecule has 0 saturated heterocycles. The average molecular weight is 415 g/mol. The average Bonchev–Trinajstić information content (AvgIpc) is 3.13. The van der Waals surface area contributed by atoms with Crippen molar-refractivity contribution in [3.05, 3.63) is 65.9 Å². The molecule has 1 aromatic heterocycles. The number of carbonyl (C=O) groups excluding carboxylic acids is 1. The number of alkyl carbamates (subject to hydrolysis) is 1. The van der Waals surface area contributed by atoms with Crippen molar-refractivity contribution in [2.24, 2.45) is 0 Å². The SMILES string of the molecule is CCCCOC(=O)NCCc1ccc2ccn(S(=O)(=O)c3ccc(C)cc3)c2c1. The van der Waals surface area contributed by atoms with Crippen molar-refractivity contribution in [3.63, 3.8) is 0 Å². The van der Waals surface area contributed by atoms with Gasteiger partial charge in [-0.25, -0.2) is 17.2 Å². The maximum absolute atomic E-state index is 13.0. The van der Waals surface area contributed by atoms with Gasteiger partial charge in [0.1, 0.15) is 0 Å². The molecule has 6 nitrogen and oxygen atoms in total. The number of hydrogen-bond acceptors (Lipinski definition) is 4. The van der Waals surface area contributed by atoms with Gasteiger partial charge in [-0.3, -0.25) is 0 Å². The van der Waals surface area contributed by atoms with Gasteiger partial charge in [-0.05, 0) is 49.6 Å². The van der Waals surface area contributed by atoms with E-state index in [1.165, 1.54) is 3.97 Å². The summed E-state index contributed by atoms with van der Waals surface area (Å²) in [5.74, 6) is 0. The fraction of sp³-hybridized carbons (Fsp3) is 0.318. The van der Waals surface area contributed by atoms with E-state index in [0.717, 1.165) is 29.4 Å². The molecule has 0 atom stereocenters. The van der Waals surface area contributed by atoms with E-state index in [4.69, 9.17) is 4.74 Å². The van der Waals surface area contributed by atoms with Gasteiger partial charge >= 0.3 is 6.09 Å². The molecular formula is C22H26N2O4S. The van der Waals surface area contributed by atoms with Gasteiger partial charge in [0.25, 0.3) is 10.0 Å². The van der Waals surface area contributed by atoms with Gasteiger partial charge in [-0.2, -0.15) is 0 Å². The van der Waals surface area contributed by atoms with Crippen LogP contribution in [-0.4, -0.2) is 31.6 Å². The summed E-state index contributed by atoms with van der Waals surface area (Å²) in [4.78, 5) is 11.9. The topological polar surface area (TPSA) is 77.4 Å². The second-order valence-electron chi connectivity index (χ2n) is 6.99. The van der Waals surface area contributed by atoms with E-state index in [9.17, 15) is 13.2 Å². The lowest BCUT2D eigenvalue weighted by Gasteiger charge is -2.10. The van der Waals surface area contributed by atoms with Crippen LogP contribution in [0.15, 0.2) is 59.6 Å². The fourth-order valence-corrected chi connectivity index (χ4v) is 4.35. The lowest BCUT2D eigenvalue weighted by atomic mass is 10.1. The molecule has 3 rings (SSSR count). The number of hydrogen-bond donors (Lipinski definition) is 1. The summed E-state index contributed by atoms with van der Waals surface area (Å²) in [6.07, 6.45) is 3.54. The molecule has 29 heavy (non-hydrogen) atoms. The van der Waals surface area contributed by atoms with Crippen LogP contribution in [0.2, 0.25) is 0 Å². The molecule has 0 aliphatic rings. The van der Waals surface area contributed by atoms with Crippen LogP contribution in [0.4, 0.5) is 4.79 Å². The fourth-order valence-electron chi connectivity index (χ4n) is 3.01. The third-order valence-electron chi connectivity index (χ3n) is 4.71. The molecule has 2 aromatic carbocycles. The highest BCUT2D eigenvalue weighted by Crippen LogP contribution is 2.23. The van der Waals surface area contributed by atoms with Crippen LogP contribution in [0, 0.1) is 6.92 Å². The summed E-state index contributed by atoms with van der Waals surface area (Å²) >= 11 is 0. The van der Waals surface area contributed by atoms with E-state index in [0.29, 0.717) is 25.1 Å². The Morgan fingerprint density at radius 2 is 1.86 bits per heavy atom. The Bertz CT molecular complexity index is 1090. The minimum Gasteiger partial charge on any atom is -0.450 e. The summed E-state index contributed by atoms with van der Waals surface area (Å²) in [6.45, 7) is 4.79. The smallest absolute Gasteiger partial charge is 0.407 e. The highest BCUT2D eigenvalue weighted by atomic mass is 32.2. The number of fused-ring (bicyclic) bond motifs is 1. The van der Waals surface area contributed by atoms with Gasteiger partial charge in [0.15, 0.2) is 0 Å². The molecule has 0 radical (unpaired) electrons. The number of rotatable bonds is 8. The first-order valence-electron chi connectivity index (χ1n) is 9.74. The van der Waals surface area contributed by atoms with Crippen LogP contribution in [0.5, 0.6) is 0 Å². The van der Waals surface area contributed by atoms with Crippen LogP contribution in [0.25, 0.3) is 10.9 Å². The first-order chi connectivity index (χ1) is 13.9. The standard InChI is InChI=1S/C22H26N2O4S/c1-3-4-15-28-22(25)23-13-11-18-7-8-19-12-14-24(21(19)16-18)29(26,27)20-9-5-17(2)6-10-20/h5-10,12,14,16H,3-4,11,13,15H2,1-2H3,(H,23,25). The molecule has 0 saturated carbocycles. The molecule has 1 heterocycles. The van der Waals surface area contributed by atoms with E-state index < -0.39 is 16.1 Å². The van der Waals surface area contributed by atoms with Gasteiger partial charge in [-0.15, -0.1) is 0 Å². The van der Waals surface area contributed by atoms with Crippen molar-refractivity contribution in [2.45, 2.75) is 38.0 Å². The van der Waals surface area contributed by atoms with Gasteiger partial charge < -0.3 is 10.1 Å². The van der Waals surface area contributed by atoms with Crippen molar-refractivity contribution < 1.29 is 17.9 Å². The van der Waals surface area contributed by atoms with Crippen LogP contribution >= 0.6 is 0 Å². The molecule has 0 bridgehead atoms. The Hall–Kier alpha value is -2.80. The predicted molar refractivity (Wildman–Crippen MR) is 114 cm³/mol. The van der Waals surface area contributed by atoms with Crippen LogP contribution in [-0.2, 0) is 21.2 Å². The van der Waals surface area contributed by atoms with Crippen LogP contribution < -0.4 is 5.32 Å². The Balaban J connectivity index is 1.75. The second kappa shape index (κ2) is 9.13. The first-order valence-corrected chi connectivity index (χ1v) is 11.2. The summed E-state index contributed by atoms with van der Waals surface area (Å²) in [7, 11) is -3.68. The van der Waals surface area contributed by atoms with Crippen molar-refractivity contribution in [2.75, 3.05) is 13.2 Å². The molecule has 0 aliphatic heterocycles. The summed E-state index contributed by atoms with van der Waals surface area (Å²) < 4.78 is 32.5. The lowest BCUT2D eigenvalue weighted by Crippen LogP contribution is -2.26. The Kier molecular flexibility index (Phi) is 6.59. The third-order valence-corrected chi connectivity index (χ3v) is 6.42. The number of unbranched alkanes of at least 4 members (excludes halogenated alkanes) is 1. The van der Waals surface area contributed by atoms with Crippen molar-refractivity contribution in [3.8, 4) is 0 Å². The number of benzene rings is 2. The molecule has 7 heteroatoms. The Morgan fingerprint density at radius 3 is 2.59 bits per heavy atom. The van der Waals surface area contributed by atoms with Gasteiger partial charge in [0.05, 0.1) is 17.0 Å². The van der Waals surface area contributed by atoms with E-state index >= 15 is 0 Å². The highest BCUT2D eigenvalue weighted by Gasteiger charge is 2.18. The number of aryl methyl sites for hydroxylation is 1. The molecule has 0 unspecified atom stereocenters. The van der Waals surface area contributed by atoms with Gasteiger partial charge in [-0.1, -0.05) is 43.2 Å². The van der Waals surface area contributed by atoms with E-state index in [1.807, 2.05) is 32.0 Å². The van der Waals surface area contributed by atoms with Crippen LogP contribution in [0.3, 0.4) is 0 Å². The molecule has 0 fully saturated rings. The number of nitrogens with zero attached hydrogens (tertiary/aromatic N) is 1. The van der Waals surface area contributed by atoms with Crippen molar-refractivity contribution in [1.82, 2.24) is 9.29 Å². The molecule has 1 N–H and O–H groups in total. The normalized spacial score (nSPS) is 11.5. The third kappa shape index (κ3) is 4.98. The largest absolute Gasteiger partial charge is 0.450 e. The van der Waals surface area contributed by atoms with Gasteiger partial charge in [0.2, 0.25) is 0 Å². The monoisotopic (exact) mass is 414 g/mol. The number of ether oxygens (including phenoxy) is 1. The maximum Gasteiger partial charge on any atom is 0.407 e.